The molecule has 2 aromatic heterocycles. The molecule has 2 aromatic rings. The quantitative estimate of drug-likeness (QED) is 0.850. The summed E-state index contributed by atoms with van der Waals surface area (Å²) in [4.78, 5) is 12.1. The van der Waals surface area contributed by atoms with Gasteiger partial charge in [-0.05, 0) is 44.8 Å². The second kappa shape index (κ2) is 7.00. The number of thiazole rings is 1. The third kappa shape index (κ3) is 4.02. The number of aromatic nitrogens is 2. The number of aryl methyl sites for hydroxylation is 1. The first kappa shape index (κ1) is 14.5. The molecule has 0 bridgehead atoms. The molecule has 4 nitrogen and oxygen atoms in total. The van der Waals surface area contributed by atoms with E-state index in [1.807, 2.05) is 30.9 Å². The molecule has 0 spiro atoms. The molecule has 5 heteroatoms. The summed E-state index contributed by atoms with van der Waals surface area (Å²) < 4.78 is 5.95. The zero-order valence-electron chi connectivity index (χ0n) is 12.4. The van der Waals surface area contributed by atoms with Gasteiger partial charge < -0.3 is 4.74 Å². The maximum absolute atomic E-state index is 5.95. The summed E-state index contributed by atoms with van der Waals surface area (Å²) in [5.41, 5.74) is 3.02. The number of ether oxygens (including phenoxy) is 1. The average Bonchev–Trinajstić information content (AvgIpc) is 3.01. The molecule has 0 amide bonds. The van der Waals surface area contributed by atoms with E-state index < -0.39 is 0 Å². The highest BCUT2D eigenvalue weighted by Gasteiger charge is 2.20. The van der Waals surface area contributed by atoms with Gasteiger partial charge in [0.2, 0.25) is 0 Å². The molecular weight excluding hydrogens is 282 g/mol. The van der Waals surface area contributed by atoms with Crippen molar-refractivity contribution < 1.29 is 4.74 Å². The highest BCUT2D eigenvalue weighted by atomic mass is 32.1. The molecule has 0 saturated carbocycles. The summed E-state index contributed by atoms with van der Waals surface area (Å²) in [6.45, 7) is 6.21. The van der Waals surface area contributed by atoms with Crippen LogP contribution in [0.25, 0.3) is 0 Å². The van der Waals surface area contributed by atoms with Crippen LogP contribution in [0.4, 0.5) is 0 Å². The van der Waals surface area contributed by atoms with Gasteiger partial charge in [0, 0.05) is 35.6 Å². The molecule has 0 atom stereocenters. The molecule has 1 aliphatic rings. The zero-order chi connectivity index (χ0) is 14.5. The number of piperidine rings is 1. The minimum absolute atomic E-state index is 0.662. The van der Waals surface area contributed by atoms with Crippen molar-refractivity contribution in [2.75, 3.05) is 19.7 Å². The van der Waals surface area contributed by atoms with Crippen LogP contribution < -0.4 is 4.74 Å². The fourth-order valence-corrected chi connectivity index (χ4v) is 3.32. The van der Waals surface area contributed by atoms with Crippen molar-refractivity contribution in [3.63, 3.8) is 0 Å². The molecular formula is C16H21N3OS. The van der Waals surface area contributed by atoms with Crippen molar-refractivity contribution in [3.05, 3.63) is 40.6 Å². The van der Waals surface area contributed by atoms with Crippen LogP contribution in [0.15, 0.2) is 30.2 Å². The average molecular weight is 303 g/mol. The van der Waals surface area contributed by atoms with Crippen molar-refractivity contribution in [1.82, 2.24) is 14.9 Å². The van der Waals surface area contributed by atoms with Gasteiger partial charge >= 0.3 is 0 Å². The van der Waals surface area contributed by atoms with Gasteiger partial charge in [0.1, 0.15) is 5.75 Å². The van der Waals surface area contributed by atoms with Crippen LogP contribution >= 0.6 is 11.3 Å². The van der Waals surface area contributed by atoms with Gasteiger partial charge in [-0.25, -0.2) is 0 Å². The summed E-state index contributed by atoms with van der Waals surface area (Å²) in [6.07, 6.45) is 8.05. The molecule has 0 unspecified atom stereocenters. The van der Waals surface area contributed by atoms with Crippen LogP contribution in [0.3, 0.4) is 0 Å². The predicted octanol–water partition coefficient (Wildman–Crippen LogP) is 3.14. The van der Waals surface area contributed by atoms with E-state index in [-0.39, 0.29) is 0 Å². The van der Waals surface area contributed by atoms with Gasteiger partial charge in [-0.1, -0.05) is 0 Å². The van der Waals surface area contributed by atoms with Gasteiger partial charge in [0.25, 0.3) is 0 Å². The zero-order valence-corrected chi connectivity index (χ0v) is 13.2. The summed E-state index contributed by atoms with van der Waals surface area (Å²) in [5, 5.41) is 0. The van der Waals surface area contributed by atoms with Crippen LogP contribution in [0.2, 0.25) is 0 Å². The number of likely N-dealkylation sites (tertiary alicyclic amines) is 1. The Kier molecular flexibility index (Phi) is 4.83. The lowest BCUT2D eigenvalue weighted by atomic mass is 9.98. The Balaban J connectivity index is 1.43. The second-order valence-electron chi connectivity index (χ2n) is 5.64. The van der Waals surface area contributed by atoms with Crippen molar-refractivity contribution in [1.29, 1.82) is 0 Å². The molecule has 0 aliphatic carbocycles. The lowest BCUT2D eigenvalue weighted by Crippen LogP contribution is -2.34. The monoisotopic (exact) mass is 303 g/mol. The summed E-state index contributed by atoms with van der Waals surface area (Å²) in [6, 6.07) is 1.95. The Hall–Kier alpha value is -1.46. The SMILES string of the molecule is Cc1cnccc1OCC1CCN(Cc2cncs2)CC1. The molecule has 0 aromatic carbocycles. The Labute approximate surface area is 129 Å². The van der Waals surface area contributed by atoms with Gasteiger partial charge in [-0.3, -0.25) is 14.9 Å². The lowest BCUT2D eigenvalue weighted by molar-refractivity contribution is 0.137. The first-order chi connectivity index (χ1) is 10.3. The van der Waals surface area contributed by atoms with E-state index in [1.54, 1.807) is 17.5 Å². The van der Waals surface area contributed by atoms with Crippen LogP contribution in [0.1, 0.15) is 23.3 Å². The molecule has 1 saturated heterocycles. The van der Waals surface area contributed by atoms with Crippen LogP contribution in [-0.2, 0) is 6.54 Å². The highest BCUT2D eigenvalue weighted by molar-refractivity contribution is 7.09. The first-order valence-electron chi connectivity index (χ1n) is 7.44. The molecule has 112 valence electrons. The van der Waals surface area contributed by atoms with Gasteiger partial charge in [0.05, 0.1) is 12.1 Å². The molecule has 21 heavy (non-hydrogen) atoms. The largest absolute Gasteiger partial charge is 0.493 e. The van der Waals surface area contributed by atoms with E-state index >= 15 is 0 Å². The highest BCUT2D eigenvalue weighted by Crippen LogP contribution is 2.22. The fourth-order valence-electron chi connectivity index (χ4n) is 2.68. The van der Waals surface area contributed by atoms with Crippen molar-refractivity contribution in [2.24, 2.45) is 5.92 Å². The lowest BCUT2D eigenvalue weighted by Gasteiger charge is -2.31. The van der Waals surface area contributed by atoms with E-state index in [9.17, 15) is 0 Å². The minimum atomic E-state index is 0.662. The Morgan fingerprint density at radius 2 is 2.14 bits per heavy atom. The van der Waals surface area contributed by atoms with Gasteiger partial charge in [-0.2, -0.15) is 0 Å². The molecule has 0 N–H and O–H groups in total. The third-order valence-corrected chi connectivity index (χ3v) is 4.78. The smallest absolute Gasteiger partial charge is 0.125 e. The van der Waals surface area contributed by atoms with E-state index in [4.69, 9.17) is 4.74 Å². The normalized spacial score (nSPS) is 17.0. The summed E-state index contributed by atoms with van der Waals surface area (Å²) in [5.74, 6) is 1.63. The molecule has 3 heterocycles. The van der Waals surface area contributed by atoms with E-state index in [0.29, 0.717) is 5.92 Å². The standard InChI is InChI=1S/C16H21N3OS/c1-13-8-17-5-2-16(13)20-11-14-3-6-19(7-4-14)10-15-9-18-12-21-15/h2,5,8-9,12,14H,3-4,6-7,10-11H2,1H3. The van der Waals surface area contributed by atoms with E-state index in [2.05, 4.69) is 14.9 Å². The maximum atomic E-state index is 5.95. The Morgan fingerprint density at radius 1 is 1.29 bits per heavy atom. The number of hydrogen-bond donors (Lipinski definition) is 0. The maximum Gasteiger partial charge on any atom is 0.125 e. The Morgan fingerprint density at radius 3 is 2.86 bits per heavy atom. The van der Waals surface area contributed by atoms with Crippen molar-refractivity contribution in [3.8, 4) is 5.75 Å². The molecule has 1 aliphatic heterocycles. The fraction of sp³-hybridized carbons (Fsp3) is 0.500. The van der Waals surface area contributed by atoms with Gasteiger partial charge in [0.15, 0.2) is 0 Å². The number of rotatable bonds is 5. The number of pyridine rings is 1. The molecule has 0 radical (unpaired) electrons. The second-order valence-corrected chi connectivity index (χ2v) is 6.61. The van der Waals surface area contributed by atoms with Crippen molar-refractivity contribution in [2.45, 2.75) is 26.3 Å². The van der Waals surface area contributed by atoms with Crippen molar-refractivity contribution >= 4 is 11.3 Å². The number of nitrogens with zero attached hydrogens (tertiary/aromatic N) is 3. The third-order valence-electron chi connectivity index (χ3n) is 4.01. The first-order valence-corrected chi connectivity index (χ1v) is 8.32. The summed E-state index contributed by atoms with van der Waals surface area (Å²) >= 11 is 1.74. The van der Waals surface area contributed by atoms with Crippen LogP contribution in [0, 0.1) is 12.8 Å². The minimum Gasteiger partial charge on any atom is -0.493 e. The van der Waals surface area contributed by atoms with Crippen LogP contribution in [0.5, 0.6) is 5.75 Å². The van der Waals surface area contributed by atoms with E-state index in [1.165, 1.54) is 17.7 Å². The number of hydrogen-bond acceptors (Lipinski definition) is 5. The Bertz CT molecular complexity index is 550. The molecule has 1 fully saturated rings. The topological polar surface area (TPSA) is 38.2 Å². The molecule has 3 rings (SSSR count). The van der Waals surface area contributed by atoms with E-state index in [0.717, 1.165) is 37.6 Å². The van der Waals surface area contributed by atoms with Crippen LogP contribution in [-0.4, -0.2) is 34.6 Å². The predicted molar refractivity (Wildman–Crippen MR) is 84.6 cm³/mol. The summed E-state index contributed by atoms with van der Waals surface area (Å²) in [7, 11) is 0. The van der Waals surface area contributed by atoms with Gasteiger partial charge in [-0.15, -0.1) is 11.3 Å².